The number of nitrogens with two attached hydrogens (primary N) is 1. The molecule has 0 bridgehead atoms. The number of Topliss-reactive ketones (excluding diaryl/α,β-unsaturated/α-hetero) is 1. The van der Waals surface area contributed by atoms with Crippen molar-refractivity contribution in [2.75, 3.05) is 6.61 Å². The van der Waals surface area contributed by atoms with Crippen LogP contribution >= 0.6 is 0 Å². The van der Waals surface area contributed by atoms with Gasteiger partial charge in [-0.2, -0.15) is 0 Å². The van der Waals surface area contributed by atoms with Gasteiger partial charge in [0.1, 0.15) is 0 Å². The van der Waals surface area contributed by atoms with Crippen LogP contribution in [0, 0.1) is 0 Å². The molecule has 0 aromatic rings. The summed E-state index contributed by atoms with van der Waals surface area (Å²) in [4.78, 5) is 11.1. The van der Waals surface area contributed by atoms with Crippen LogP contribution in [0.15, 0.2) is 0 Å². The number of rotatable bonds is 1. The Bertz CT molecular complexity index is 147. The molecule has 0 saturated heterocycles. The first-order valence-corrected chi connectivity index (χ1v) is 3.62. The molecule has 3 nitrogen and oxygen atoms in total. The molecule has 0 aromatic carbocycles. The lowest BCUT2D eigenvalue weighted by Gasteiger charge is -2.29. The molecule has 1 aliphatic rings. The van der Waals surface area contributed by atoms with Gasteiger partial charge in [-0.3, -0.25) is 4.79 Å². The Hall–Kier alpha value is -0.410. The Kier molecular flexibility index (Phi) is 2.06. The molecule has 58 valence electrons. The zero-order chi connectivity index (χ0) is 7.61. The van der Waals surface area contributed by atoms with Crippen molar-refractivity contribution >= 4 is 5.78 Å². The number of ketones is 1. The van der Waals surface area contributed by atoms with Crippen LogP contribution in [0.4, 0.5) is 0 Å². The maximum absolute atomic E-state index is 11.1. The first kappa shape index (κ1) is 7.69. The average Bonchev–Trinajstić information content (AvgIpc) is 1.96. The van der Waals surface area contributed by atoms with Crippen molar-refractivity contribution in [2.45, 2.75) is 31.2 Å². The summed E-state index contributed by atoms with van der Waals surface area (Å²) < 4.78 is 0. The van der Waals surface area contributed by atoms with Crippen molar-refractivity contribution in [2.24, 2.45) is 5.73 Å². The Morgan fingerprint density at radius 3 is 2.70 bits per heavy atom. The lowest BCUT2D eigenvalue weighted by molar-refractivity contribution is -0.127. The summed E-state index contributed by atoms with van der Waals surface area (Å²) in [7, 11) is 0. The van der Waals surface area contributed by atoms with Crippen LogP contribution < -0.4 is 5.73 Å². The molecule has 1 aliphatic carbocycles. The van der Waals surface area contributed by atoms with Gasteiger partial charge in [-0.15, -0.1) is 0 Å². The van der Waals surface area contributed by atoms with E-state index in [0.29, 0.717) is 12.8 Å². The second kappa shape index (κ2) is 2.68. The largest absolute Gasteiger partial charge is 0.394 e. The lowest BCUT2D eigenvalue weighted by Crippen LogP contribution is -2.52. The molecule has 0 radical (unpaired) electrons. The summed E-state index contributed by atoms with van der Waals surface area (Å²) in [6.45, 7) is -0.203. The molecular weight excluding hydrogens is 130 g/mol. The normalized spacial score (nSPS) is 34.4. The molecule has 0 aromatic heterocycles. The van der Waals surface area contributed by atoms with Crippen molar-refractivity contribution in [3.05, 3.63) is 0 Å². The maximum atomic E-state index is 11.1. The third-order valence-electron chi connectivity index (χ3n) is 2.11. The van der Waals surface area contributed by atoms with Gasteiger partial charge in [0.05, 0.1) is 12.1 Å². The fourth-order valence-electron chi connectivity index (χ4n) is 1.28. The molecule has 3 heteroatoms. The van der Waals surface area contributed by atoms with E-state index >= 15 is 0 Å². The van der Waals surface area contributed by atoms with Gasteiger partial charge < -0.3 is 10.8 Å². The number of aliphatic hydroxyl groups excluding tert-OH is 1. The van der Waals surface area contributed by atoms with E-state index in [-0.39, 0.29) is 12.4 Å². The minimum Gasteiger partial charge on any atom is -0.394 e. The third-order valence-corrected chi connectivity index (χ3v) is 2.11. The van der Waals surface area contributed by atoms with E-state index in [4.69, 9.17) is 10.8 Å². The average molecular weight is 143 g/mol. The van der Waals surface area contributed by atoms with Crippen LogP contribution in [-0.4, -0.2) is 23.0 Å². The molecule has 3 N–H and O–H groups in total. The number of aliphatic hydroxyl groups is 1. The summed E-state index contributed by atoms with van der Waals surface area (Å²) in [5.41, 5.74) is 4.70. The second-order valence-corrected chi connectivity index (χ2v) is 2.94. The molecule has 1 atom stereocenters. The van der Waals surface area contributed by atoms with Crippen molar-refractivity contribution in [3.8, 4) is 0 Å². The third kappa shape index (κ3) is 1.20. The van der Waals surface area contributed by atoms with Crippen molar-refractivity contribution < 1.29 is 9.90 Å². The van der Waals surface area contributed by atoms with Crippen LogP contribution in [0.2, 0.25) is 0 Å². The summed E-state index contributed by atoms with van der Waals surface area (Å²) in [6, 6.07) is 0. The minimum atomic E-state index is -0.905. The Labute approximate surface area is 60.2 Å². The van der Waals surface area contributed by atoms with Crippen molar-refractivity contribution in [1.29, 1.82) is 0 Å². The molecule has 1 unspecified atom stereocenters. The molecule has 1 saturated carbocycles. The lowest BCUT2D eigenvalue weighted by atomic mass is 9.82. The smallest absolute Gasteiger partial charge is 0.154 e. The molecular formula is C7H13NO2. The molecule has 0 heterocycles. The quantitative estimate of drug-likeness (QED) is 0.535. The standard InChI is InChI=1S/C7H13NO2/c8-7(5-9)4-2-1-3-6(7)10/h9H,1-5,8H2. The minimum absolute atomic E-state index is 0.0150. The summed E-state index contributed by atoms with van der Waals surface area (Å²) in [5, 5.41) is 8.77. The van der Waals surface area contributed by atoms with Gasteiger partial charge in [-0.25, -0.2) is 0 Å². The predicted octanol–water partition coefficient (Wildman–Crippen LogP) is -0.181. The SMILES string of the molecule is NC1(CO)CCCCC1=O. The Morgan fingerprint density at radius 2 is 2.30 bits per heavy atom. The van der Waals surface area contributed by atoms with E-state index in [1.54, 1.807) is 0 Å². The van der Waals surface area contributed by atoms with Crippen LogP contribution in [-0.2, 0) is 4.79 Å². The predicted molar refractivity (Wildman–Crippen MR) is 37.5 cm³/mol. The van der Waals surface area contributed by atoms with Gasteiger partial charge in [0, 0.05) is 6.42 Å². The Morgan fingerprint density at radius 1 is 1.60 bits per heavy atom. The van der Waals surface area contributed by atoms with E-state index in [2.05, 4.69) is 0 Å². The van der Waals surface area contributed by atoms with E-state index < -0.39 is 5.54 Å². The van der Waals surface area contributed by atoms with E-state index in [1.807, 2.05) is 0 Å². The van der Waals surface area contributed by atoms with E-state index in [9.17, 15) is 4.79 Å². The summed E-state index contributed by atoms with van der Waals surface area (Å²) in [5.74, 6) is 0.0150. The first-order chi connectivity index (χ1) is 4.69. The summed E-state index contributed by atoms with van der Waals surface area (Å²) >= 11 is 0. The molecule has 0 spiro atoms. The van der Waals surface area contributed by atoms with Crippen LogP contribution in [0.25, 0.3) is 0 Å². The Balaban J connectivity index is 2.63. The fourth-order valence-corrected chi connectivity index (χ4v) is 1.28. The van der Waals surface area contributed by atoms with Gasteiger partial charge in [0.25, 0.3) is 0 Å². The topological polar surface area (TPSA) is 63.3 Å². The van der Waals surface area contributed by atoms with Crippen molar-refractivity contribution in [3.63, 3.8) is 0 Å². The highest BCUT2D eigenvalue weighted by atomic mass is 16.3. The fraction of sp³-hybridized carbons (Fsp3) is 0.857. The zero-order valence-corrected chi connectivity index (χ0v) is 5.97. The van der Waals surface area contributed by atoms with E-state index in [0.717, 1.165) is 12.8 Å². The highest BCUT2D eigenvalue weighted by Crippen LogP contribution is 2.21. The van der Waals surface area contributed by atoms with Crippen LogP contribution in [0.5, 0.6) is 0 Å². The molecule has 0 amide bonds. The maximum Gasteiger partial charge on any atom is 0.154 e. The number of hydrogen-bond acceptors (Lipinski definition) is 3. The second-order valence-electron chi connectivity index (χ2n) is 2.94. The number of hydrogen-bond donors (Lipinski definition) is 2. The zero-order valence-electron chi connectivity index (χ0n) is 5.97. The molecule has 1 fully saturated rings. The van der Waals surface area contributed by atoms with Gasteiger partial charge in [-0.1, -0.05) is 6.42 Å². The number of carbonyl (C=O) groups excluding carboxylic acids is 1. The highest BCUT2D eigenvalue weighted by Gasteiger charge is 2.34. The molecule has 1 rings (SSSR count). The van der Waals surface area contributed by atoms with Gasteiger partial charge >= 0.3 is 0 Å². The first-order valence-electron chi connectivity index (χ1n) is 3.62. The van der Waals surface area contributed by atoms with Gasteiger partial charge in [-0.05, 0) is 12.8 Å². The van der Waals surface area contributed by atoms with Crippen LogP contribution in [0.3, 0.4) is 0 Å². The number of carbonyl (C=O) groups is 1. The van der Waals surface area contributed by atoms with Gasteiger partial charge in [0.2, 0.25) is 0 Å². The van der Waals surface area contributed by atoms with E-state index in [1.165, 1.54) is 0 Å². The monoisotopic (exact) mass is 143 g/mol. The van der Waals surface area contributed by atoms with Gasteiger partial charge in [0.15, 0.2) is 5.78 Å². The van der Waals surface area contributed by atoms with Crippen LogP contribution in [0.1, 0.15) is 25.7 Å². The van der Waals surface area contributed by atoms with Crippen molar-refractivity contribution in [1.82, 2.24) is 0 Å². The molecule has 0 aliphatic heterocycles. The summed E-state index contributed by atoms with van der Waals surface area (Å²) in [6.07, 6.45) is 3.07. The molecule has 10 heavy (non-hydrogen) atoms. The highest BCUT2D eigenvalue weighted by molar-refractivity contribution is 5.88.